The van der Waals surface area contributed by atoms with E-state index >= 15 is 0 Å². The Kier molecular flexibility index (Phi) is 6.33. The normalized spacial score (nSPS) is 15.3. The van der Waals surface area contributed by atoms with Gasteiger partial charge in [0.2, 0.25) is 5.91 Å². The maximum atomic E-state index is 11.4. The lowest BCUT2D eigenvalue weighted by Gasteiger charge is -2.34. The van der Waals surface area contributed by atoms with Crippen LogP contribution in [0.15, 0.2) is 48.5 Å². The van der Waals surface area contributed by atoms with Gasteiger partial charge >= 0.3 is 0 Å². The Morgan fingerprint density at radius 2 is 1.85 bits per heavy atom. The minimum absolute atomic E-state index is 0.0516. The summed E-state index contributed by atoms with van der Waals surface area (Å²) in [6, 6.07) is 14.1. The van der Waals surface area contributed by atoms with Crippen molar-refractivity contribution in [3.63, 3.8) is 0 Å². The number of carbonyl (C=O) groups is 1. The molecule has 1 aromatic carbocycles. The van der Waals surface area contributed by atoms with Crippen LogP contribution in [0, 0.1) is 0 Å². The van der Waals surface area contributed by atoms with Crippen LogP contribution in [0.3, 0.4) is 0 Å². The second kappa shape index (κ2) is 9.10. The summed E-state index contributed by atoms with van der Waals surface area (Å²) in [4.78, 5) is 16.0. The fourth-order valence-corrected chi connectivity index (χ4v) is 2.85. The molecule has 1 saturated heterocycles. The average molecular weight is 351 g/mol. The molecule has 1 aliphatic rings. The standard InChI is InChI=1S/C20H25N5O/c1-2-20(26)21-18-10-11-19(23-22-18)25-15-13-24(14-16-25)12-6-9-17-7-4-3-5-8-17/h3-11H,2,12-16H2,1H3,(H,21,22,26)/b9-6+. The molecule has 1 fully saturated rings. The summed E-state index contributed by atoms with van der Waals surface area (Å²) >= 11 is 0. The van der Waals surface area contributed by atoms with Gasteiger partial charge in [0.1, 0.15) is 0 Å². The highest BCUT2D eigenvalue weighted by atomic mass is 16.1. The van der Waals surface area contributed by atoms with E-state index in [9.17, 15) is 4.79 Å². The van der Waals surface area contributed by atoms with Gasteiger partial charge in [-0.05, 0) is 17.7 Å². The third-order valence-corrected chi connectivity index (χ3v) is 4.41. The summed E-state index contributed by atoms with van der Waals surface area (Å²) in [5, 5.41) is 11.1. The molecular formula is C20H25N5O. The van der Waals surface area contributed by atoms with Crippen LogP contribution in [0.25, 0.3) is 6.08 Å². The van der Waals surface area contributed by atoms with E-state index in [0.717, 1.165) is 38.5 Å². The number of rotatable bonds is 6. The smallest absolute Gasteiger partial charge is 0.225 e. The highest BCUT2D eigenvalue weighted by Crippen LogP contribution is 2.14. The van der Waals surface area contributed by atoms with Crippen LogP contribution in [0.2, 0.25) is 0 Å². The average Bonchev–Trinajstić information content (AvgIpc) is 2.70. The van der Waals surface area contributed by atoms with Gasteiger partial charge in [0.15, 0.2) is 11.6 Å². The lowest BCUT2D eigenvalue weighted by Crippen LogP contribution is -2.46. The predicted molar refractivity (Wildman–Crippen MR) is 105 cm³/mol. The fraction of sp³-hybridized carbons (Fsp3) is 0.350. The number of aromatic nitrogens is 2. The maximum absolute atomic E-state index is 11.4. The zero-order chi connectivity index (χ0) is 18.2. The molecular weight excluding hydrogens is 326 g/mol. The molecule has 1 amide bonds. The molecule has 0 atom stereocenters. The van der Waals surface area contributed by atoms with Gasteiger partial charge in [0.05, 0.1) is 0 Å². The largest absolute Gasteiger partial charge is 0.353 e. The Bertz CT molecular complexity index is 722. The van der Waals surface area contributed by atoms with Crippen molar-refractivity contribution in [2.24, 2.45) is 0 Å². The van der Waals surface area contributed by atoms with E-state index in [2.05, 4.69) is 61.7 Å². The molecule has 0 bridgehead atoms. The van der Waals surface area contributed by atoms with Crippen LogP contribution in [-0.4, -0.2) is 53.7 Å². The summed E-state index contributed by atoms with van der Waals surface area (Å²) in [7, 11) is 0. The topological polar surface area (TPSA) is 61.4 Å². The van der Waals surface area contributed by atoms with E-state index in [1.807, 2.05) is 25.1 Å². The lowest BCUT2D eigenvalue weighted by molar-refractivity contribution is -0.115. The zero-order valence-corrected chi connectivity index (χ0v) is 15.1. The van der Waals surface area contributed by atoms with Gasteiger partial charge in [-0.15, -0.1) is 10.2 Å². The van der Waals surface area contributed by atoms with Gasteiger partial charge in [-0.25, -0.2) is 0 Å². The molecule has 0 spiro atoms. The van der Waals surface area contributed by atoms with Gasteiger partial charge in [0, 0.05) is 39.1 Å². The summed E-state index contributed by atoms with van der Waals surface area (Å²) in [5.41, 5.74) is 1.23. The monoisotopic (exact) mass is 351 g/mol. The van der Waals surface area contributed by atoms with Crippen molar-refractivity contribution in [1.82, 2.24) is 15.1 Å². The number of benzene rings is 1. The third-order valence-electron chi connectivity index (χ3n) is 4.41. The second-order valence-electron chi connectivity index (χ2n) is 6.28. The van der Waals surface area contributed by atoms with Crippen LogP contribution >= 0.6 is 0 Å². The minimum atomic E-state index is -0.0516. The molecule has 6 nitrogen and oxygen atoms in total. The van der Waals surface area contributed by atoms with E-state index in [1.54, 1.807) is 0 Å². The molecule has 0 aliphatic carbocycles. The predicted octanol–water partition coefficient (Wildman–Crippen LogP) is 2.66. The Balaban J connectivity index is 1.46. The molecule has 0 radical (unpaired) electrons. The summed E-state index contributed by atoms with van der Waals surface area (Å²) in [5.74, 6) is 1.31. The number of carbonyl (C=O) groups excluding carboxylic acids is 1. The fourth-order valence-electron chi connectivity index (χ4n) is 2.85. The van der Waals surface area contributed by atoms with E-state index in [4.69, 9.17) is 0 Å². The SMILES string of the molecule is CCC(=O)Nc1ccc(N2CCN(C/C=C/c3ccccc3)CC2)nn1. The van der Waals surface area contributed by atoms with Gasteiger partial charge in [-0.2, -0.15) is 0 Å². The molecule has 0 saturated carbocycles. The maximum Gasteiger partial charge on any atom is 0.225 e. The lowest BCUT2D eigenvalue weighted by atomic mass is 10.2. The van der Waals surface area contributed by atoms with Gasteiger partial charge in [-0.1, -0.05) is 49.4 Å². The molecule has 1 aliphatic heterocycles. The van der Waals surface area contributed by atoms with Gasteiger partial charge < -0.3 is 10.2 Å². The minimum Gasteiger partial charge on any atom is -0.353 e. The molecule has 6 heteroatoms. The second-order valence-corrected chi connectivity index (χ2v) is 6.28. The first kappa shape index (κ1) is 18.1. The molecule has 2 heterocycles. The molecule has 136 valence electrons. The number of hydrogen-bond donors (Lipinski definition) is 1. The quantitative estimate of drug-likeness (QED) is 0.867. The molecule has 1 N–H and O–H groups in total. The summed E-state index contributed by atoms with van der Waals surface area (Å²) in [6.07, 6.45) is 4.82. The van der Waals surface area contributed by atoms with Crippen LogP contribution in [0.4, 0.5) is 11.6 Å². The molecule has 3 rings (SSSR count). The van der Waals surface area contributed by atoms with E-state index in [0.29, 0.717) is 12.2 Å². The van der Waals surface area contributed by atoms with Crippen LogP contribution in [0.5, 0.6) is 0 Å². The zero-order valence-electron chi connectivity index (χ0n) is 15.1. The van der Waals surface area contributed by atoms with Crippen LogP contribution in [0.1, 0.15) is 18.9 Å². The molecule has 1 aromatic heterocycles. The van der Waals surface area contributed by atoms with E-state index in [-0.39, 0.29) is 5.91 Å². The number of nitrogens with zero attached hydrogens (tertiary/aromatic N) is 4. The number of nitrogens with one attached hydrogen (secondary N) is 1. The highest BCUT2D eigenvalue weighted by Gasteiger charge is 2.17. The Hall–Kier alpha value is -2.73. The number of piperazine rings is 1. The van der Waals surface area contributed by atoms with Gasteiger partial charge in [-0.3, -0.25) is 9.69 Å². The highest BCUT2D eigenvalue weighted by molar-refractivity contribution is 5.89. The summed E-state index contributed by atoms with van der Waals surface area (Å²) < 4.78 is 0. The Morgan fingerprint density at radius 1 is 1.08 bits per heavy atom. The van der Waals surface area contributed by atoms with Crippen molar-refractivity contribution in [2.75, 3.05) is 42.9 Å². The Morgan fingerprint density at radius 3 is 2.50 bits per heavy atom. The van der Waals surface area contributed by atoms with Crippen LogP contribution in [-0.2, 0) is 4.79 Å². The van der Waals surface area contributed by atoms with Gasteiger partial charge in [0.25, 0.3) is 0 Å². The third kappa shape index (κ3) is 5.13. The van der Waals surface area contributed by atoms with Crippen molar-refractivity contribution in [3.8, 4) is 0 Å². The first-order chi connectivity index (χ1) is 12.7. The molecule has 2 aromatic rings. The Labute approximate surface area is 154 Å². The van der Waals surface area contributed by atoms with Crippen molar-refractivity contribution in [2.45, 2.75) is 13.3 Å². The molecule has 0 unspecified atom stereocenters. The van der Waals surface area contributed by atoms with E-state index in [1.165, 1.54) is 5.56 Å². The molecule has 26 heavy (non-hydrogen) atoms. The first-order valence-electron chi connectivity index (χ1n) is 9.07. The van der Waals surface area contributed by atoms with E-state index < -0.39 is 0 Å². The summed E-state index contributed by atoms with van der Waals surface area (Å²) in [6.45, 7) is 6.61. The van der Waals surface area contributed by atoms with Crippen molar-refractivity contribution in [3.05, 3.63) is 54.1 Å². The first-order valence-corrected chi connectivity index (χ1v) is 9.07. The van der Waals surface area contributed by atoms with Crippen molar-refractivity contribution >= 4 is 23.6 Å². The number of amides is 1. The van der Waals surface area contributed by atoms with Crippen molar-refractivity contribution < 1.29 is 4.79 Å². The number of anilines is 2. The van der Waals surface area contributed by atoms with Crippen molar-refractivity contribution in [1.29, 1.82) is 0 Å². The number of hydrogen-bond acceptors (Lipinski definition) is 5. The van der Waals surface area contributed by atoms with Crippen LogP contribution < -0.4 is 10.2 Å².